The molecule has 0 aliphatic carbocycles. The Balaban J connectivity index is 1.48. The number of aromatic nitrogens is 5. The molecule has 2 aromatic heterocycles. The minimum Gasteiger partial charge on any atom is -0.461 e. The largest absolute Gasteiger partial charge is 0.461 e. The highest BCUT2D eigenvalue weighted by molar-refractivity contribution is 5.90. The van der Waals surface area contributed by atoms with Gasteiger partial charge in [-0.2, -0.15) is 4.80 Å². The molecule has 4 rings (SSSR count). The van der Waals surface area contributed by atoms with Crippen molar-refractivity contribution in [2.24, 2.45) is 12.8 Å². The highest BCUT2D eigenvalue weighted by Gasteiger charge is 2.33. The van der Waals surface area contributed by atoms with Crippen molar-refractivity contribution in [3.8, 4) is 22.6 Å². The molecule has 1 saturated heterocycles. The van der Waals surface area contributed by atoms with Crippen molar-refractivity contribution in [1.82, 2.24) is 25.2 Å². The van der Waals surface area contributed by atoms with Gasteiger partial charge in [0, 0.05) is 17.3 Å². The number of benzene rings is 1. The fraction of sp³-hybridized carbons (Fsp3) is 0.263. The Morgan fingerprint density at radius 2 is 2.19 bits per heavy atom. The van der Waals surface area contributed by atoms with Gasteiger partial charge >= 0.3 is 12.1 Å². The second-order valence-corrected chi connectivity index (χ2v) is 6.70. The van der Waals surface area contributed by atoms with Gasteiger partial charge in [0.1, 0.15) is 18.1 Å². The van der Waals surface area contributed by atoms with E-state index in [-0.39, 0.29) is 19.7 Å². The zero-order valence-corrected chi connectivity index (χ0v) is 16.4. The van der Waals surface area contributed by atoms with Gasteiger partial charge in [0.2, 0.25) is 5.82 Å². The first kappa shape index (κ1) is 20.3. The Morgan fingerprint density at radius 1 is 1.35 bits per heavy atom. The van der Waals surface area contributed by atoms with Crippen molar-refractivity contribution >= 4 is 17.7 Å². The summed E-state index contributed by atoms with van der Waals surface area (Å²) in [7, 11) is 1.65. The van der Waals surface area contributed by atoms with Crippen LogP contribution in [0, 0.1) is 5.82 Å². The summed E-state index contributed by atoms with van der Waals surface area (Å²) < 4.78 is 24.9. The number of nitrogens with two attached hydrogens (primary N) is 1. The molecule has 1 aliphatic rings. The van der Waals surface area contributed by atoms with Gasteiger partial charge in [0.25, 0.3) is 0 Å². The lowest BCUT2D eigenvalue weighted by Crippen LogP contribution is -2.28. The van der Waals surface area contributed by atoms with Gasteiger partial charge < -0.3 is 15.2 Å². The molecule has 12 heteroatoms. The molecular formula is C19H18FN7O4. The van der Waals surface area contributed by atoms with Crippen molar-refractivity contribution in [3.05, 3.63) is 42.3 Å². The van der Waals surface area contributed by atoms with Crippen molar-refractivity contribution in [2.45, 2.75) is 6.10 Å². The van der Waals surface area contributed by atoms with Crippen LogP contribution in [0.5, 0.6) is 0 Å². The predicted molar refractivity (Wildman–Crippen MR) is 105 cm³/mol. The van der Waals surface area contributed by atoms with Crippen LogP contribution in [0.15, 0.2) is 36.5 Å². The number of esters is 1. The van der Waals surface area contributed by atoms with Gasteiger partial charge in [-0.05, 0) is 29.5 Å². The number of rotatable bonds is 6. The van der Waals surface area contributed by atoms with E-state index >= 15 is 0 Å². The maximum atomic E-state index is 14.8. The standard InChI is InChI=1S/C19H18FN7O4/c1-26-24-18(23-25-26)16-5-2-11(8-22-16)14-4-3-12(6-15(14)20)27-9-13(31-19(27)29)10-30-17(28)7-21/h2-6,8,13H,7,9-10,21H2,1H3/t13-/m1/s1. The zero-order valence-electron chi connectivity index (χ0n) is 16.4. The monoisotopic (exact) mass is 427 g/mol. The molecular weight excluding hydrogens is 409 g/mol. The van der Waals surface area contributed by atoms with Crippen LogP contribution < -0.4 is 10.6 Å². The number of anilines is 1. The molecule has 3 heterocycles. The third kappa shape index (κ3) is 4.33. The van der Waals surface area contributed by atoms with E-state index in [2.05, 4.69) is 20.4 Å². The summed E-state index contributed by atoms with van der Waals surface area (Å²) in [5.74, 6) is -0.765. The molecule has 1 aliphatic heterocycles. The number of amides is 1. The summed E-state index contributed by atoms with van der Waals surface area (Å²) in [6, 6.07) is 7.76. The Hall–Kier alpha value is -3.93. The van der Waals surface area contributed by atoms with Crippen LogP contribution in [0.25, 0.3) is 22.6 Å². The van der Waals surface area contributed by atoms with E-state index in [0.717, 1.165) is 0 Å². The Labute approximate surface area is 175 Å². The van der Waals surface area contributed by atoms with Crippen LogP contribution in [-0.2, 0) is 21.3 Å². The molecule has 1 aromatic carbocycles. The van der Waals surface area contributed by atoms with Gasteiger partial charge in [0.05, 0.1) is 25.8 Å². The van der Waals surface area contributed by atoms with E-state index in [1.165, 1.54) is 22.0 Å². The summed E-state index contributed by atoms with van der Waals surface area (Å²) in [6.07, 6.45) is 0.205. The second-order valence-electron chi connectivity index (χ2n) is 6.70. The molecule has 0 radical (unpaired) electrons. The van der Waals surface area contributed by atoms with Crippen molar-refractivity contribution in [2.75, 3.05) is 24.6 Å². The van der Waals surface area contributed by atoms with E-state index in [4.69, 9.17) is 15.2 Å². The predicted octanol–water partition coefficient (Wildman–Crippen LogP) is 0.905. The fourth-order valence-electron chi connectivity index (χ4n) is 3.04. The van der Waals surface area contributed by atoms with Crippen LogP contribution in [-0.4, -0.2) is 63.1 Å². The van der Waals surface area contributed by atoms with Gasteiger partial charge in [-0.1, -0.05) is 6.07 Å². The van der Waals surface area contributed by atoms with Crippen LogP contribution in [0.4, 0.5) is 14.9 Å². The zero-order chi connectivity index (χ0) is 22.0. The van der Waals surface area contributed by atoms with Crippen LogP contribution in [0.2, 0.25) is 0 Å². The number of carbonyl (C=O) groups is 2. The van der Waals surface area contributed by atoms with E-state index in [9.17, 15) is 14.0 Å². The maximum absolute atomic E-state index is 14.8. The van der Waals surface area contributed by atoms with Crippen LogP contribution >= 0.6 is 0 Å². The molecule has 0 saturated carbocycles. The Bertz CT molecular complexity index is 1120. The van der Waals surface area contributed by atoms with Crippen LogP contribution in [0.3, 0.4) is 0 Å². The third-order valence-corrected chi connectivity index (χ3v) is 4.55. The first-order chi connectivity index (χ1) is 14.9. The number of hydrogen-bond donors (Lipinski definition) is 1. The summed E-state index contributed by atoms with van der Waals surface area (Å²) in [5, 5.41) is 11.7. The highest BCUT2D eigenvalue weighted by atomic mass is 19.1. The molecule has 2 N–H and O–H groups in total. The molecule has 1 fully saturated rings. The highest BCUT2D eigenvalue weighted by Crippen LogP contribution is 2.29. The van der Waals surface area contributed by atoms with Crippen molar-refractivity contribution in [1.29, 1.82) is 0 Å². The molecule has 3 aromatic rings. The van der Waals surface area contributed by atoms with E-state index in [1.807, 2.05) is 0 Å². The molecule has 0 unspecified atom stereocenters. The smallest absolute Gasteiger partial charge is 0.414 e. The number of tetrazole rings is 1. The lowest BCUT2D eigenvalue weighted by molar-refractivity contribution is -0.144. The number of nitrogens with zero attached hydrogens (tertiary/aromatic N) is 6. The molecule has 1 amide bonds. The molecule has 0 bridgehead atoms. The lowest BCUT2D eigenvalue weighted by Gasteiger charge is -2.14. The quantitative estimate of drug-likeness (QED) is 0.569. The number of halogens is 1. The lowest BCUT2D eigenvalue weighted by atomic mass is 10.1. The molecule has 160 valence electrons. The SMILES string of the molecule is Cn1nnc(-c2ccc(-c3ccc(N4C[C@H](COC(=O)CN)OC4=O)cc3F)cn2)n1. The second kappa shape index (κ2) is 8.44. The number of carbonyl (C=O) groups excluding carboxylic acids is 2. The van der Waals surface area contributed by atoms with E-state index in [0.29, 0.717) is 28.3 Å². The minimum atomic E-state index is -0.655. The van der Waals surface area contributed by atoms with Gasteiger partial charge in [-0.15, -0.1) is 10.2 Å². The number of hydrogen-bond acceptors (Lipinski definition) is 9. The number of aryl methyl sites for hydroxylation is 1. The molecule has 0 spiro atoms. The topological polar surface area (TPSA) is 138 Å². The third-order valence-electron chi connectivity index (χ3n) is 4.55. The van der Waals surface area contributed by atoms with Crippen molar-refractivity contribution in [3.63, 3.8) is 0 Å². The maximum Gasteiger partial charge on any atom is 0.414 e. The minimum absolute atomic E-state index is 0.114. The molecule has 1 atom stereocenters. The van der Waals surface area contributed by atoms with Crippen LogP contribution in [0.1, 0.15) is 0 Å². The summed E-state index contributed by atoms with van der Waals surface area (Å²) in [4.78, 5) is 30.1. The first-order valence-corrected chi connectivity index (χ1v) is 9.29. The fourth-order valence-corrected chi connectivity index (χ4v) is 3.04. The Kier molecular flexibility index (Phi) is 5.54. The van der Waals surface area contributed by atoms with Gasteiger partial charge in [-0.25, -0.2) is 9.18 Å². The number of pyridine rings is 1. The molecule has 31 heavy (non-hydrogen) atoms. The first-order valence-electron chi connectivity index (χ1n) is 9.29. The normalized spacial score (nSPS) is 15.8. The summed E-state index contributed by atoms with van der Waals surface area (Å²) >= 11 is 0. The number of cyclic esters (lactones) is 1. The van der Waals surface area contributed by atoms with Crippen molar-refractivity contribution < 1.29 is 23.5 Å². The van der Waals surface area contributed by atoms with Gasteiger partial charge in [0.15, 0.2) is 6.10 Å². The van der Waals surface area contributed by atoms with E-state index in [1.54, 1.807) is 31.3 Å². The average molecular weight is 427 g/mol. The summed E-state index contributed by atoms with van der Waals surface area (Å²) in [6.45, 7) is -0.253. The van der Waals surface area contributed by atoms with E-state index < -0.39 is 24.0 Å². The molecule has 11 nitrogen and oxygen atoms in total. The van der Waals surface area contributed by atoms with Gasteiger partial charge in [-0.3, -0.25) is 14.7 Å². The average Bonchev–Trinajstić information content (AvgIpc) is 3.37. The number of ether oxygens (including phenoxy) is 2. The Morgan fingerprint density at radius 3 is 2.84 bits per heavy atom. The summed E-state index contributed by atoms with van der Waals surface area (Å²) in [5.41, 5.74) is 6.87.